The molecule has 29 heavy (non-hydrogen) atoms. The number of carbonyl (C=O) groups is 2. The maximum absolute atomic E-state index is 12.5. The number of H-pyrrole nitrogens is 1. The predicted octanol–water partition coefficient (Wildman–Crippen LogP) is 3.09. The number of benzene rings is 2. The van der Waals surface area contributed by atoms with Gasteiger partial charge in [0.25, 0.3) is 11.6 Å². The Morgan fingerprint density at radius 1 is 1.14 bits per heavy atom. The fourth-order valence-corrected chi connectivity index (χ4v) is 2.68. The summed E-state index contributed by atoms with van der Waals surface area (Å²) in [6.45, 7) is 1.97. The van der Waals surface area contributed by atoms with Crippen LogP contribution >= 0.6 is 0 Å². The number of carbonyl (C=O) groups excluding carboxylic acids is 2. The SMILES string of the molecule is CCOC(=O)c1cc(C(=O)NCc2ccc(-c3ccn[nH]3)cc2)cc([N+](=O)[O-])c1. The first kappa shape index (κ1) is 19.7. The van der Waals surface area contributed by atoms with Gasteiger partial charge in [-0.2, -0.15) is 5.10 Å². The Bertz CT molecular complexity index is 1030. The average molecular weight is 394 g/mol. The van der Waals surface area contributed by atoms with E-state index in [1.807, 2.05) is 30.3 Å². The Balaban J connectivity index is 1.72. The lowest BCUT2D eigenvalue weighted by Gasteiger charge is -2.08. The van der Waals surface area contributed by atoms with Gasteiger partial charge in [0.1, 0.15) is 0 Å². The number of nitro benzene ring substituents is 1. The van der Waals surface area contributed by atoms with E-state index in [0.29, 0.717) is 0 Å². The lowest BCUT2D eigenvalue weighted by molar-refractivity contribution is -0.384. The van der Waals surface area contributed by atoms with Crippen molar-refractivity contribution in [1.29, 1.82) is 0 Å². The molecule has 3 rings (SSSR count). The lowest BCUT2D eigenvalue weighted by Crippen LogP contribution is -2.23. The smallest absolute Gasteiger partial charge is 0.338 e. The van der Waals surface area contributed by atoms with Gasteiger partial charge in [-0.25, -0.2) is 4.79 Å². The van der Waals surface area contributed by atoms with Crippen molar-refractivity contribution in [2.24, 2.45) is 0 Å². The van der Waals surface area contributed by atoms with Gasteiger partial charge in [0, 0.05) is 30.4 Å². The van der Waals surface area contributed by atoms with Gasteiger partial charge in [0.15, 0.2) is 0 Å². The third-order valence-electron chi connectivity index (χ3n) is 4.12. The number of esters is 1. The minimum absolute atomic E-state index is 0.0105. The molecule has 1 amide bonds. The molecule has 0 spiro atoms. The Morgan fingerprint density at radius 2 is 1.86 bits per heavy atom. The number of hydrogen-bond donors (Lipinski definition) is 2. The van der Waals surface area contributed by atoms with Gasteiger partial charge in [0.05, 0.1) is 22.8 Å². The highest BCUT2D eigenvalue weighted by atomic mass is 16.6. The monoisotopic (exact) mass is 394 g/mol. The van der Waals surface area contributed by atoms with Crippen molar-refractivity contribution < 1.29 is 19.2 Å². The van der Waals surface area contributed by atoms with E-state index in [-0.39, 0.29) is 30.0 Å². The summed E-state index contributed by atoms with van der Waals surface area (Å²) < 4.78 is 4.87. The maximum atomic E-state index is 12.5. The highest BCUT2D eigenvalue weighted by Crippen LogP contribution is 2.19. The topological polar surface area (TPSA) is 127 Å². The summed E-state index contributed by atoms with van der Waals surface area (Å²) in [6, 6.07) is 12.8. The van der Waals surface area contributed by atoms with E-state index in [4.69, 9.17) is 4.74 Å². The average Bonchev–Trinajstić information content (AvgIpc) is 3.27. The van der Waals surface area contributed by atoms with E-state index >= 15 is 0 Å². The van der Waals surface area contributed by atoms with Crippen molar-refractivity contribution in [3.63, 3.8) is 0 Å². The minimum atomic E-state index is -0.723. The molecule has 1 aromatic heterocycles. The Labute approximate surface area is 165 Å². The van der Waals surface area contributed by atoms with Crippen LogP contribution in [-0.2, 0) is 11.3 Å². The van der Waals surface area contributed by atoms with Crippen LogP contribution in [-0.4, -0.2) is 33.6 Å². The standard InChI is InChI=1S/C20H18N4O5/c1-2-29-20(26)16-9-15(10-17(11-16)24(27)28)19(25)21-12-13-3-5-14(6-4-13)18-7-8-22-23-18/h3-11H,2,12H2,1H3,(H,21,25)(H,22,23). The number of aromatic nitrogens is 2. The molecule has 0 aliphatic heterocycles. The predicted molar refractivity (Wildman–Crippen MR) is 104 cm³/mol. The molecular formula is C20H18N4O5. The maximum Gasteiger partial charge on any atom is 0.338 e. The molecule has 0 saturated heterocycles. The van der Waals surface area contributed by atoms with E-state index in [1.54, 1.807) is 13.1 Å². The van der Waals surface area contributed by atoms with Crippen LogP contribution in [0.15, 0.2) is 54.7 Å². The normalized spacial score (nSPS) is 10.4. The number of hydrogen-bond acceptors (Lipinski definition) is 6. The van der Waals surface area contributed by atoms with Crippen LogP contribution in [0.3, 0.4) is 0 Å². The molecule has 0 atom stereocenters. The summed E-state index contributed by atoms with van der Waals surface area (Å²) in [7, 11) is 0. The van der Waals surface area contributed by atoms with Crippen molar-refractivity contribution in [1.82, 2.24) is 15.5 Å². The number of nitro groups is 1. The van der Waals surface area contributed by atoms with E-state index < -0.39 is 16.8 Å². The van der Waals surface area contributed by atoms with Gasteiger partial charge >= 0.3 is 5.97 Å². The number of non-ortho nitro benzene ring substituents is 1. The second-order valence-corrected chi connectivity index (χ2v) is 6.10. The van der Waals surface area contributed by atoms with Crippen molar-refractivity contribution in [3.05, 3.63) is 81.5 Å². The zero-order chi connectivity index (χ0) is 20.8. The molecule has 2 aromatic carbocycles. The van der Waals surface area contributed by atoms with Crippen molar-refractivity contribution in [2.45, 2.75) is 13.5 Å². The molecule has 0 unspecified atom stereocenters. The van der Waals surface area contributed by atoms with Crippen LogP contribution in [0.4, 0.5) is 5.69 Å². The van der Waals surface area contributed by atoms with Crippen LogP contribution in [0.2, 0.25) is 0 Å². The molecule has 3 aromatic rings. The third-order valence-corrected chi connectivity index (χ3v) is 4.12. The highest BCUT2D eigenvalue weighted by Gasteiger charge is 2.18. The third kappa shape index (κ3) is 4.83. The van der Waals surface area contributed by atoms with Gasteiger partial charge in [0.2, 0.25) is 0 Å². The van der Waals surface area contributed by atoms with Crippen LogP contribution in [0, 0.1) is 10.1 Å². The molecule has 0 aliphatic carbocycles. The van der Waals surface area contributed by atoms with Gasteiger partial charge in [-0.05, 0) is 30.2 Å². The molecule has 9 heteroatoms. The minimum Gasteiger partial charge on any atom is -0.462 e. The quantitative estimate of drug-likeness (QED) is 0.360. The second-order valence-electron chi connectivity index (χ2n) is 6.10. The summed E-state index contributed by atoms with van der Waals surface area (Å²) >= 11 is 0. The number of rotatable bonds is 7. The molecular weight excluding hydrogens is 376 g/mol. The van der Waals surface area contributed by atoms with Crippen molar-refractivity contribution >= 4 is 17.6 Å². The highest BCUT2D eigenvalue weighted by molar-refractivity contribution is 5.99. The molecule has 0 radical (unpaired) electrons. The Hall–Kier alpha value is -4.01. The van der Waals surface area contributed by atoms with Gasteiger partial charge < -0.3 is 10.1 Å². The molecule has 0 aliphatic rings. The van der Waals surface area contributed by atoms with E-state index in [2.05, 4.69) is 15.5 Å². The molecule has 1 heterocycles. The van der Waals surface area contributed by atoms with Crippen LogP contribution < -0.4 is 5.32 Å². The first-order valence-electron chi connectivity index (χ1n) is 8.81. The molecule has 9 nitrogen and oxygen atoms in total. The van der Waals surface area contributed by atoms with Crippen LogP contribution in [0.5, 0.6) is 0 Å². The summed E-state index contributed by atoms with van der Waals surface area (Å²) in [5.41, 5.74) is 2.28. The fraction of sp³-hybridized carbons (Fsp3) is 0.150. The van der Waals surface area contributed by atoms with E-state index in [1.165, 1.54) is 6.07 Å². The number of amides is 1. The van der Waals surface area contributed by atoms with E-state index in [0.717, 1.165) is 29.0 Å². The first-order valence-corrected chi connectivity index (χ1v) is 8.81. The molecule has 2 N–H and O–H groups in total. The van der Waals surface area contributed by atoms with Crippen molar-refractivity contribution in [3.8, 4) is 11.3 Å². The van der Waals surface area contributed by atoms with Crippen LogP contribution in [0.25, 0.3) is 11.3 Å². The van der Waals surface area contributed by atoms with Crippen molar-refractivity contribution in [2.75, 3.05) is 6.61 Å². The number of nitrogens with one attached hydrogen (secondary N) is 2. The Kier molecular flexibility index (Phi) is 5.98. The summed E-state index contributed by atoms with van der Waals surface area (Å²) in [4.78, 5) is 34.9. The molecule has 0 saturated carbocycles. The first-order chi connectivity index (χ1) is 14.0. The molecule has 0 bridgehead atoms. The molecule has 0 fully saturated rings. The second kappa shape index (κ2) is 8.79. The zero-order valence-corrected chi connectivity index (χ0v) is 15.5. The summed E-state index contributed by atoms with van der Waals surface area (Å²) in [5.74, 6) is -1.25. The summed E-state index contributed by atoms with van der Waals surface area (Å²) in [6.07, 6.45) is 1.66. The Morgan fingerprint density at radius 3 is 2.48 bits per heavy atom. The molecule has 148 valence electrons. The van der Waals surface area contributed by atoms with Gasteiger partial charge in [-0.15, -0.1) is 0 Å². The largest absolute Gasteiger partial charge is 0.462 e. The van der Waals surface area contributed by atoms with Crippen LogP contribution in [0.1, 0.15) is 33.2 Å². The van der Waals surface area contributed by atoms with E-state index in [9.17, 15) is 19.7 Å². The fourth-order valence-electron chi connectivity index (χ4n) is 2.68. The van der Waals surface area contributed by atoms with Gasteiger partial charge in [-0.1, -0.05) is 24.3 Å². The number of ether oxygens (including phenoxy) is 1. The number of aromatic amines is 1. The lowest BCUT2D eigenvalue weighted by atomic mass is 10.1. The zero-order valence-electron chi connectivity index (χ0n) is 15.5. The van der Waals surface area contributed by atoms with Gasteiger partial charge in [-0.3, -0.25) is 20.0 Å². The summed E-state index contributed by atoms with van der Waals surface area (Å²) in [5, 5.41) is 20.6. The number of nitrogens with zero attached hydrogens (tertiary/aromatic N) is 2.